The van der Waals surface area contributed by atoms with Crippen molar-refractivity contribution >= 4 is 11.8 Å². The Kier molecular flexibility index (Phi) is 3.82. The molecule has 2 heterocycles. The van der Waals surface area contributed by atoms with Crippen molar-refractivity contribution in [1.82, 2.24) is 15.8 Å². The van der Waals surface area contributed by atoms with E-state index in [1.807, 2.05) is 18.5 Å². The van der Waals surface area contributed by atoms with Crippen LogP contribution in [0.2, 0.25) is 0 Å². The number of nitrogens with one attached hydrogen (secondary N) is 2. The minimum atomic E-state index is 0.332. The van der Waals surface area contributed by atoms with Crippen LogP contribution in [0.1, 0.15) is 29.6 Å². The zero-order chi connectivity index (χ0) is 13.1. The average molecular weight is 271 g/mol. The Bertz CT molecular complexity index is 527. The molecule has 0 radical (unpaired) electrons. The summed E-state index contributed by atoms with van der Waals surface area (Å²) in [6.45, 7) is 0. The predicted molar refractivity (Wildman–Crippen MR) is 78.8 cm³/mol. The van der Waals surface area contributed by atoms with Gasteiger partial charge in [-0.05, 0) is 42.0 Å². The monoisotopic (exact) mass is 271 g/mol. The third-order valence-corrected chi connectivity index (χ3v) is 4.25. The summed E-state index contributed by atoms with van der Waals surface area (Å²) in [6.07, 6.45) is 6.89. The molecule has 1 aliphatic rings. The van der Waals surface area contributed by atoms with Gasteiger partial charge in [-0.15, -0.1) is 11.8 Å². The maximum Gasteiger partial charge on any atom is 0.0496 e. The predicted octanol–water partition coefficient (Wildman–Crippen LogP) is 3.08. The van der Waals surface area contributed by atoms with Crippen molar-refractivity contribution in [3.8, 4) is 0 Å². The first kappa shape index (κ1) is 12.7. The lowest BCUT2D eigenvalue weighted by Crippen LogP contribution is -2.26. The summed E-state index contributed by atoms with van der Waals surface area (Å²) in [5.74, 6) is 0. The largest absolute Gasteiger partial charge is 0.264 e. The van der Waals surface area contributed by atoms with Gasteiger partial charge in [0.15, 0.2) is 0 Å². The lowest BCUT2D eigenvalue weighted by molar-refractivity contribution is 0.554. The van der Waals surface area contributed by atoms with Crippen molar-refractivity contribution in [3.05, 3.63) is 59.9 Å². The fraction of sp³-hybridized carbons (Fsp3) is 0.267. The maximum absolute atomic E-state index is 4.18. The lowest BCUT2D eigenvalue weighted by atomic mass is 9.99. The SMILES string of the molecule is CSc1ccc(C2CC(c3cccnc3)NN2)cc1. The summed E-state index contributed by atoms with van der Waals surface area (Å²) in [6, 6.07) is 13.6. The molecule has 0 amide bonds. The molecule has 3 nitrogen and oxygen atoms in total. The number of hydrogen-bond acceptors (Lipinski definition) is 4. The first-order chi connectivity index (χ1) is 9.36. The van der Waals surface area contributed by atoms with Gasteiger partial charge in [0, 0.05) is 29.4 Å². The van der Waals surface area contributed by atoms with E-state index in [4.69, 9.17) is 0 Å². The van der Waals surface area contributed by atoms with E-state index in [9.17, 15) is 0 Å². The molecule has 0 spiro atoms. The Balaban J connectivity index is 1.71. The minimum absolute atomic E-state index is 0.332. The number of thioether (sulfide) groups is 1. The Morgan fingerprint density at radius 1 is 1.05 bits per heavy atom. The van der Waals surface area contributed by atoms with Gasteiger partial charge in [-0.2, -0.15) is 0 Å². The molecule has 1 saturated heterocycles. The van der Waals surface area contributed by atoms with Crippen LogP contribution in [0.15, 0.2) is 53.7 Å². The zero-order valence-corrected chi connectivity index (χ0v) is 11.7. The van der Waals surface area contributed by atoms with Gasteiger partial charge >= 0.3 is 0 Å². The van der Waals surface area contributed by atoms with E-state index in [2.05, 4.69) is 52.4 Å². The number of hydrogen-bond donors (Lipinski definition) is 2. The zero-order valence-electron chi connectivity index (χ0n) is 10.8. The van der Waals surface area contributed by atoms with Crippen molar-refractivity contribution in [2.24, 2.45) is 0 Å². The van der Waals surface area contributed by atoms with E-state index in [0.717, 1.165) is 6.42 Å². The highest BCUT2D eigenvalue weighted by Crippen LogP contribution is 2.31. The third kappa shape index (κ3) is 2.81. The first-order valence-electron chi connectivity index (χ1n) is 6.42. The highest BCUT2D eigenvalue weighted by atomic mass is 32.2. The van der Waals surface area contributed by atoms with E-state index < -0.39 is 0 Å². The van der Waals surface area contributed by atoms with Crippen LogP contribution >= 0.6 is 11.8 Å². The summed E-state index contributed by atoms with van der Waals surface area (Å²) in [7, 11) is 0. The Morgan fingerprint density at radius 3 is 2.42 bits per heavy atom. The first-order valence-corrected chi connectivity index (χ1v) is 7.64. The van der Waals surface area contributed by atoms with Crippen LogP contribution in [0.3, 0.4) is 0 Å². The van der Waals surface area contributed by atoms with Gasteiger partial charge in [-0.3, -0.25) is 4.98 Å². The fourth-order valence-electron chi connectivity index (χ4n) is 2.41. The van der Waals surface area contributed by atoms with Crippen molar-refractivity contribution in [2.45, 2.75) is 23.4 Å². The lowest BCUT2D eigenvalue weighted by Gasteiger charge is -2.10. The number of hydrazine groups is 1. The molecule has 98 valence electrons. The van der Waals surface area contributed by atoms with Crippen LogP contribution in [0.25, 0.3) is 0 Å². The summed E-state index contributed by atoms with van der Waals surface area (Å²) in [5.41, 5.74) is 9.29. The molecule has 1 fully saturated rings. The fourth-order valence-corrected chi connectivity index (χ4v) is 2.82. The highest BCUT2D eigenvalue weighted by molar-refractivity contribution is 7.98. The van der Waals surface area contributed by atoms with Crippen molar-refractivity contribution < 1.29 is 0 Å². The van der Waals surface area contributed by atoms with Gasteiger partial charge in [0.1, 0.15) is 0 Å². The molecule has 19 heavy (non-hydrogen) atoms. The molecule has 2 unspecified atom stereocenters. The summed E-state index contributed by atoms with van der Waals surface area (Å²) in [4.78, 5) is 5.48. The van der Waals surface area contributed by atoms with Crippen LogP contribution < -0.4 is 10.9 Å². The van der Waals surface area contributed by atoms with Gasteiger partial charge in [0.25, 0.3) is 0 Å². The maximum atomic E-state index is 4.18. The van der Waals surface area contributed by atoms with E-state index in [-0.39, 0.29) is 0 Å². The third-order valence-electron chi connectivity index (χ3n) is 3.51. The number of rotatable bonds is 3. The molecular weight excluding hydrogens is 254 g/mol. The molecule has 2 aromatic rings. The number of benzene rings is 1. The molecule has 0 saturated carbocycles. The highest BCUT2D eigenvalue weighted by Gasteiger charge is 2.25. The molecule has 0 aliphatic carbocycles. The van der Waals surface area contributed by atoms with Gasteiger partial charge in [0.05, 0.1) is 0 Å². The van der Waals surface area contributed by atoms with E-state index >= 15 is 0 Å². The molecule has 1 aromatic carbocycles. The summed E-state index contributed by atoms with van der Waals surface area (Å²) < 4.78 is 0. The second kappa shape index (κ2) is 5.74. The molecule has 2 N–H and O–H groups in total. The van der Waals surface area contributed by atoms with Gasteiger partial charge in [-0.25, -0.2) is 10.9 Å². The summed E-state index contributed by atoms with van der Waals surface area (Å²) in [5, 5.41) is 0. The molecule has 2 atom stereocenters. The summed E-state index contributed by atoms with van der Waals surface area (Å²) >= 11 is 1.77. The number of aromatic nitrogens is 1. The average Bonchev–Trinajstić information content (AvgIpc) is 2.98. The molecule has 0 bridgehead atoms. The molecule has 4 heteroatoms. The second-order valence-corrected chi connectivity index (χ2v) is 5.57. The Hall–Kier alpha value is -1.36. The van der Waals surface area contributed by atoms with Crippen LogP contribution in [0.5, 0.6) is 0 Å². The van der Waals surface area contributed by atoms with E-state index in [1.165, 1.54) is 16.0 Å². The van der Waals surface area contributed by atoms with Gasteiger partial charge < -0.3 is 0 Å². The minimum Gasteiger partial charge on any atom is -0.264 e. The standard InChI is InChI=1S/C15H17N3S/c1-19-13-6-4-11(5-7-13)14-9-15(18-17-14)12-3-2-8-16-10-12/h2-8,10,14-15,17-18H,9H2,1H3. The van der Waals surface area contributed by atoms with Crippen molar-refractivity contribution in [3.63, 3.8) is 0 Å². The Morgan fingerprint density at radius 2 is 1.79 bits per heavy atom. The molecular formula is C15H17N3S. The van der Waals surface area contributed by atoms with Gasteiger partial charge in [-0.1, -0.05) is 18.2 Å². The van der Waals surface area contributed by atoms with Crippen molar-refractivity contribution in [2.75, 3.05) is 6.26 Å². The van der Waals surface area contributed by atoms with Crippen LogP contribution in [-0.4, -0.2) is 11.2 Å². The van der Waals surface area contributed by atoms with Crippen LogP contribution in [0.4, 0.5) is 0 Å². The van der Waals surface area contributed by atoms with Crippen LogP contribution in [-0.2, 0) is 0 Å². The van der Waals surface area contributed by atoms with Crippen molar-refractivity contribution in [1.29, 1.82) is 0 Å². The molecule has 1 aromatic heterocycles. The van der Waals surface area contributed by atoms with Crippen LogP contribution in [0, 0.1) is 0 Å². The quantitative estimate of drug-likeness (QED) is 0.841. The topological polar surface area (TPSA) is 37.0 Å². The van der Waals surface area contributed by atoms with Gasteiger partial charge in [0.2, 0.25) is 0 Å². The number of pyridine rings is 1. The normalized spacial score (nSPS) is 22.6. The Labute approximate surface area is 117 Å². The molecule has 1 aliphatic heterocycles. The van der Waals surface area contributed by atoms with E-state index in [0.29, 0.717) is 12.1 Å². The van der Waals surface area contributed by atoms with E-state index in [1.54, 1.807) is 11.8 Å². The number of nitrogens with zero attached hydrogens (tertiary/aromatic N) is 1. The molecule has 3 rings (SSSR count). The second-order valence-electron chi connectivity index (χ2n) is 4.69. The smallest absolute Gasteiger partial charge is 0.0496 e.